The van der Waals surface area contributed by atoms with E-state index in [4.69, 9.17) is 0 Å². The van der Waals surface area contributed by atoms with Crippen molar-refractivity contribution in [2.75, 3.05) is 11.9 Å². The largest absolute Gasteiger partial charge is 0.376 e. The highest BCUT2D eigenvalue weighted by Crippen LogP contribution is 2.13. The molecule has 4 aromatic rings. The maximum Gasteiger partial charge on any atom is 0.239 e. The monoisotopic (exact) mass is 426 g/mol. The van der Waals surface area contributed by atoms with Crippen molar-refractivity contribution in [2.24, 2.45) is 0 Å². The summed E-state index contributed by atoms with van der Waals surface area (Å²) in [7, 11) is 0. The molecule has 0 saturated carbocycles. The minimum Gasteiger partial charge on any atom is -0.376 e. The second kappa shape index (κ2) is 10.3. The van der Waals surface area contributed by atoms with Crippen LogP contribution in [0.3, 0.4) is 0 Å². The van der Waals surface area contributed by atoms with Crippen LogP contribution in [0.15, 0.2) is 78.9 Å². The van der Waals surface area contributed by atoms with E-state index in [-0.39, 0.29) is 12.5 Å². The summed E-state index contributed by atoms with van der Waals surface area (Å²) in [6.07, 6.45) is 0.794. The van der Waals surface area contributed by atoms with E-state index in [0.29, 0.717) is 18.9 Å². The fourth-order valence-electron chi connectivity index (χ4n) is 3.33. The minimum atomic E-state index is -0.0398. The zero-order valence-corrected chi connectivity index (χ0v) is 18.0. The first-order valence-electron chi connectivity index (χ1n) is 10.6. The molecular weight excluding hydrogens is 400 g/mol. The van der Waals surface area contributed by atoms with Crippen LogP contribution in [0.5, 0.6) is 0 Å². The topological polar surface area (TPSA) is 84.7 Å². The molecule has 7 heteroatoms. The third kappa shape index (κ3) is 6.01. The van der Waals surface area contributed by atoms with Gasteiger partial charge in [0, 0.05) is 17.8 Å². The molecule has 2 N–H and O–H groups in total. The molecule has 4 rings (SSSR count). The molecule has 0 aliphatic carbocycles. The molecular formula is C25H26N6O. The predicted octanol–water partition coefficient (Wildman–Crippen LogP) is 3.62. The first-order chi connectivity index (χ1) is 15.7. The van der Waals surface area contributed by atoms with Crippen molar-refractivity contribution in [3.05, 3.63) is 95.6 Å². The van der Waals surface area contributed by atoms with Gasteiger partial charge in [-0.15, -0.1) is 10.2 Å². The Balaban J connectivity index is 1.21. The van der Waals surface area contributed by atoms with Crippen molar-refractivity contribution in [3.8, 4) is 11.4 Å². The van der Waals surface area contributed by atoms with Crippen LogP contribution in [0.1, 0.15) is 16.7 Å². The van der Waals surface area contributed by atoms with Gasteiger partial charge in [-0.25, -0.2) is 0 Å². The Morgan fingerprint density at radius 2 is 1.75 bits per heavy atom. The summed E-state index contributed by atoms with van der Waals surface area (Å²) in [6.45, 7) is 3.45. The van der Waals surface area contributed by atoms with Gasteiger partial charge in [-0.1, -0.05) is 72.3 Å². The molecule has 7 nitrogen and oxygen atoms in total. The van der Waals surface area contributed by atoms with E-state index in [2.05, 4.69) is 32.1 Å². The average molecular weight is 427 g/mol. The number of carbonyl (C=O) groups is 1. The van der Waals surface area contributed by atoms with Crippen LogP contribution in [-0.4, -0.2) is 32.7 Å². The molecule has 0 fully saturated rings. The number of hydrogen-bond acceptors (Lipinski definition) is 5. The van der Waals surface area contributed by atoms with E-state index in [1.54, 1.807) is 4.80 Å². The third-order valence-corrected chi connectivity index (χ3v) is 5.06. The maximum absolute atomic E-state index is 12.1. The standard InChI is InChI=1S/C25H26N6O/c1-19-6-5-7-21(16-19)17-27-24(32)18-26-23-12-10-20(11-13-23)14-15-31-29-25(28-30-31)22-8-3-2-4-9-22/h2-13,16,26H,14-15,17-18H2,1H3,(H,27,32). The molecule has 0 unspecified atom stereocenters. The number of anilines is 1. The molecule has 32 heavy (non-hydrogen) atoms. The van der Waals surface area contributed by atoms with Crippen LogP contribution >= 0.6 is 0 Å². The van der Waals surface area contributed by atoms with Gasteiger partial charge in [-0.2, -0.15) is 4.80 Å². The number of carbonyl (C=O) groups excluding carboxylic acids is 1. The minimum absolute atomic E-state index is 0.0398. The Morgan fingerprint density at radius 1 is 0.938 bits per heavy atom. The van der Waals surface area contributed by atoms with Gasteiger partial charge in [-0.05, 0) is 41.8 Å². The quantitative estimate of drug-likeness (QED) is 0.427. The molecule has 3 aromatic carbocycles. The van der Waals surface area contributed by atoms with E-state index < -0.39 is 0 Å². The second-order valence-corrected chi connectivity index (χ2v) is 7.64. The number of aromatic nitrogens is 4. The molecule has 0 aliphatic heterocycles. The molecule has 0 bridgehead atoms. The highest BCUT2D eigenvalue weighted by molar-refractivity contribution is 5.80. The molecule has 0 atom stereocenters. The van der Waals surface area contributed by atoms with E-state index >= 15 is 0 Å². The van der Waals surface area contributed by atoms with E-state index in [0.717, 1.165) is 28.8 Å². The smallest absolute Gasteiger partial charge is 0.239 e. The van der Waals surface area contributed by atoms with Crippen molar-refractivity contribution in [1.82, 2.24) is 25.5 Å². The molecule has 1 aromatic heterocycles. The Hall–Kier alpha value is -4.00. The van der Waals surface area contributed by atoms with Crippen molar-refractivity contribution < 1.29 is 4.79 Å². The lowest BCUT2D eigenvalue weighted by Gasteiger charge is -2.09. The van der Waals surface area contributed by atoms with Gasteiger partial charge in [0.05, 0.1) is 13.1 Å². The van der Waals surface area contributed by atoms with Crippen LogP contribution in [0.4, 0.5) is 5.69 Å². The molecule has 1 heterocycles. The first-order valence-corrected chi connectivity index (χ1v) is 10.6. The number of benzene rings is 3. The summed E-state index contributed by atoms with van der Waals surface area (Å²) in [5.41, 5.74) is 5.31. The lowest BCUT2D eigenvalue weighted by Crippen LogP contribution is -2.29. The first kappa shape index (κ1) is 21.2. The van der Waals surface area contributed by atoms with Crippen LogP contribution in [0.2, 0.25) is 0 Å². The predicted molar refractivity (Wildman–Crippen MR) is 125 cm³/mol. The van der Waals surface area contributed by atoms with Gasteiger partial charge in [0.15, 0.2) is 0 Å². The molecule has 162 valence electrons. The number of rotatable bonds is 9. The maximum atomic E-state index is 12.1. The van der Waals surface area contributed by atoms with Gasteiger partial charge in [0.25, 0.3) is 0 Å². The molecule has 0 spiro atoms. The summed E-state index contributed by atoms with van der Waals surface area (Å²) in [4.78, 5) is 13.7. The fraction of sp³-hybridized carbons (Fsp3) is 0.200. The van der Waals surface area contributed by atoms with Gasteiger partial charge < -0.3 is 10.6 Å². The third-order valence-electron chi connectivity index (χ3n) is 5.06. The average Bonchev–Trinajstić information content (AvgIpc) is 3.30. The zero-order valence-electron chi connectivity index (χ0n) is 18.0. The van der Waals surface area contributed by atoms with Crippen LogP contribution in [-0.2, 0) is 24.3 Å². The Kier molecular flexibility index (Phi) is 6.87. The van der Waals surface area contributed by atoms with Gasteiger partial charge in [0.1, 0.15) is 0 Å². The highest BCUT2D eigenvalue weighted by atomic mass is 16.1. The van der Waals surface area contributed by atoms with Crippen molar-refractivity contribution in [2.45, 2.75) is 26.4 Å². The molecule has 0 radical (unpaired) electrons. The van der Waals surface area contributed by atoms with Gasteiger partial charge >= 0.3 is 0 Å². The van der Waals surface area contributed by atoms with Crippen LogP contribution < -0.4 is 10.6 Å². The number of hydrogen-bond donors (Lipinski definition) is 2. The Morgan fingerprint density at radius 3 is 2.53 bits per heavy atom. The number of aryl methyl sites for hydroxylation is 3. The lowest BCUT2D eigenvalue weighted by molar-refractivity contribution is -0.119. The number of nitrogens with one attached hydrogen (secondary N) is 2. The summed E-state index contributed by atoms with van der Waals surface area (Å²) in [5, 5.41) is 18.8. The number of nitrogens with zero attached hydrogens (tertiary/aromatic N) is 4. The van der Waals surface area contributed by atoms with E-state index in [1.807, 2.05) is 79.7 Å². The van der Waals surface area contributed by atoms with Gasteiger partial charge in [-0.3, -0.25) is 4.79 Å². The van der Waals surface area contributed by atoms with Crippen molar-refractivity contribution >= 4 is 11.6 Å². The molecule has 1 amide bonds. The molecule has 0 saturated heterocycles. The van der Waals surface area contributed by atoms with Crippen LogP contribution in [0.25, 0.3) is 11.4 Å². The van der Waals surface area contributed by atoms with Gasteiger partial charge in [0.2, 0.25) is 11.7 Å². The van der Waals surface area contributed by atoms with E-state index in [1.165, 1.54) is 5.56 Å². The normalized spacial score (nSPS) is 10.7. The zero-order chi connectivity index (χ0) is 22.2. The SMILES string of the molecule is Cc1cccc(CNC(=O)CNc2ccc(CCn3nnc(-c4ccccc4)n3)cc2)c1. The summed E-state index contributed by atoms with van der Waals surface area (Å²) in [5.74, 6) is 0.591. The summed E-state index contributed by atoms with van der Waals surface area (Å²) < 4.78 is 0. The van der Waals surface area contributed by atoms with Crippen molar-refractivity contribution in [3.63, 3.8) is 0 Å². The summed E-state index contributed by atoms with van der Waals surface area (Å²) in [6, 6.07) is 26.0. The molecule has 0 aliphatic rings. The fourth-order valence-corrected chi connectivity index (χ4v) is 3.33. The lowest BCUT2D eigenvalue weighted by atomic mass is 10.1. The number of amides is 1. The second-order valence-electron chi connectivity index (χ2n) is 7.64. The van der Waals surface area contributed by atoms with Crippen LogP contribution in [0, 0.1) is 6.92 Å². The highest BCUT2D eigenvalue weighted by Gasteiger charge is 2.06. The Bertz CT molecular complexity index is 1150. The number of tetrazole rings is 1. The van der Waals surface area contributed by atoms with E-state index in [9.17, 15) is 4.79 Å². The van der Waals surface area contributed by atoms with Crippen molar-refractivity contribution in [1.29, 1.82) is 0 Å². The Labute approximate surface area is 187 Å². The summed E-state index contributed by atoms with van der Waals surface area (Å²) >= 11 is 0.